The Kier molecular flexibility index (Phi) is 33.2. The van der Waals surface area contributed by atoms with Crippen molar-refractivity contribution in [3.05, 3.63) is 146 Å². The number of hydrogen-bond donors (Lipinski definition) is 0. The molecule has 0 aliphatic carbocycles. The molecule has 0 amide bonds. The van der Waals surface area contributed by atoms with Crippen molar-refractivity contribution < 1.29 is 73.3 Å². The van der Waals surface area contributed by atoms with Gasteiger partial charge in [-0.3, -0.25) is 0 Å². The second-order valence-corrected chi connectivity index (χ2v) is 46.5. The van der Waals surface area contributed by atoms with Gasteiger partial charge in [-0.2, -0.15) is 66.6 Å². The predicted octanol–water partition coefficient (Wildman–Crippen LogP) is 12.6. The van der Waals surface area contributed by atoms with Crippen LogP contribution in [0.4, 0.5) is 0 Å². The first-order valence-electron chi connectivity index (χ1n) is 28.2. The van der Waals surface area contributed by atoms with Crippen molar-refractivity contribution >= 4 is 103 Å². The molecule has 8 aromatic carbocycles. The average molecular weight is 1260 g/mol. The number of fused-ring (bicyclic) bond motifs is 4. The summed E-state index contributed by atoms with van der Waals surface area (Å²) in [6.45, 7) is 37.0. The minimum absolute atomic E-state index is 0. The summed E-state index contributed by atoms with van der Waals surface area (Å²) >= 11 is 3.11. The molecule has 0 N–H and O–H groups in total. The molecule has 0 atom stereocenters. The molecule has 0 saturated carbocycles. The fourth-order valence-electron chi connectivity index (χ4n) is 11.7. The minimum Gasteiger partial charge on any atom is -1.00 e. The van der Waals surface area contributed by atoms with Crippen LogP contribution in [-0.2, 0) is 48.5 Å². The van der Waals surface area contributed by atoms with Crippen LogP contribution in [0, 0.1) is 0 Å². The van der Waals surface area contributed by atoms with Gasteiger partial charge in [-0.15, -0.1) is 119 Å². The Morgan fingerprint density at radius 3 is 0.568 bits per heavy atom. The fourth-order valence-corrected chi connectivity index (χ4v) is 27.3. The maximum absolute atomic E-state index is 2.40. The summed E-state index contributed by atoms with van der Waals surface area (Å²) < 4.78 is 3.01. The number of benzene rings is 4. The van der Waals surface area contributed by atoms with E-state index in [9.17, 15) is 0 Å². The zero-order chi connectivity index (χ0) is 53.5. The predicted molar refractivity (Wildman–Crippen MR) is 338 cm³/mol. The second-order valence-electron chi connectivity index (χ2n) is 20.7. The molecular formula is C66H96Cl2Si4Zr2-2. The summed E-state index contributed by atoms with van der Waals surface area (Å²) in [6, 6.07) is 70.6. The van der Waals surface area contributed by atoms with Gasteiger partial charge in [-0.25, -0.2) is 0 Å². The van der Waals surface area contributed by atoms with Crippen molar-refractivity contribution in [2.75, 3.05) is 0 Å². The van der Waals surface area contributed by atoms with Crippen molar-refractivity contribution in [1.29, 1.82) is 0 Å². The Morgan fingerprint density at radius 2 is 0.432 bits per heavy atom. The van der Waals surface area contributed by atoms with Crippen LogP contribution in [0.25, 0.3) is 43.1 Å². The van der Waals surface area contributed by atoms with Gasteiger partial charge in [0, 0.05) is 32.3 Å². The molecule has 0 radical (unpaired) electrons. The topological polar surface area (TPSA) is 0 Å². The third-order valence-corrected chi connectivity index (χ3v) is 39.7. The quantitative estimate of drug-likeness (QED) is 0.0668. The Hall–Kier alpha value is -1.73. The van der Waals surface area contributed by atoms with E-state index in [1.54, 1.807) is 69.2 Å². The van der Waals surface area contributed by atoms with Gasteiger partial charge in [0.15, 0.2) is 0 Å². The molecule has 0 nitrogen and oxygen atoms in total. The summed E-state index contributed by atoms with van der Waals surface area (Å²) in [6.07, 6.45) is 0. The summed E-state index contributed by atoms with van der Waals surface area (Å²) in [4.78, 5) is 0. The zero-order valence-electron chi connectivity index (χ0n) is 49.1. The van der Waals surface area contributed by atoms with Crippen molar-refractivity contribution in [3.8, 4) is 0 Å². The molecule has 0 aliphatic heterocycles. The van der Waals surface area contributed by atoms with Crippen LogP contribution in [-0.4, -0.2) is 38.7 Å². The summed E-state index contributed by atoms with van der Waals surface area (Å²) in [5.41, 5.74) is 0. The molecule has 8 aromatic rings. The van der Waals surface area contributed by atoms with Crippen LogP contribution in [0.2, 0.25) is 72.5 Å². The standard InChI is InChI=1S/4C15H21Si.2C3H6.2ClH.2Zr/c4*1-4-16(5-2,6-3)15-12-11-13-9-7-8-10-14(13)15;2*1-3-2;;;;/h4*7-12H,4-6H2,1-3H3;2*1-2H3;2*1H;;/q4*-1;;;;;2*+2/p-2. The normalized spacial score (nSPS) is 11.3. The van der Waals surface area contributed by atoms with Crippen LogP contribution in [0.1, 0.15) is 111 Å². The van der Waals surface area contributed by atoms with E-state index in [-0.39, 0.29) is 24.8 Å². The molecule has 0 heterocycles. The Labute approximate surface area is 499 Å². The van der Waals surface area contributed by atoms with E-state index < -0.39 is 32.3 Å². The Balaban J connectivity index is 0.000000466. The van der Waals surface area contributed by atoms with Gasteiger partial charge in [-0.05, 0) is 0 Å². The molecular weight excluding hydrogens is 1160 g/mol. The first-order chi connectivity index (χ1) is 34.5. The third kappa shape index (κ3) is 17.6. The van der Waals surface area contributed by atoms with Gasteiger partial charge in [0.2, 0.25) is 0 Å². The second kappa shape index (κ2) is 35.0. The minimum atomic E-state index is -1.21. The third-order valence-electron chi connectivity index (χ3n) is 17.1. The molecule has 74 heavy (non-hydrogen) atoms. The van der Waals surface area contributed by atoms with Crippen LogP contribution in [0.3, 0.4) is 0 Å². The van der Waals surface area contributed by atoms with Crippen LogP contribution in [0.15, 0.2) is 146 Å². The number of hydrogen-bond acceptors (Lipinski definition) is 0. The van der Waals surface area contributed by atoms with Crippen molar-refractivity contribution in [3.63, 3.8) is 0 Å². The molecule has 0 aromatic heterocycles. The van der Waals surface area contributed by atoms with Crippen molar-refractivity contribution in [1.82, 2.24) is 0 Å². The van der Waals surface area contributed by atoms with Gasteiger partial charge < -0.3 is 24.8 Å². The molecule has 0 aliphatic rings. The number of halogens is 2. The zero-order valence-corrected chi connectivity index (χ0v) is 59.5. The van der Waals surface area contributed by atoms with E-state index >= 15 is 0 Å². The first-order valence-corrected chi connectivity index (χ1v) is 41.1. The molecule has 0 spiro atoms. The molecule has 0 bridgehead atoms. The number of rotatable bonds is 16. The largest absolute Gasteiger partial charge is 1.00 e. The van der Waals surface area contributed by atoms with E-state index in [2.05, 4.69) is 256 Å². The van der Waals surface area contributed by atoms with E-state index in [0.717, 1.165) is 0 Å². The van der Waals surface area contributed by atoms with E-state index in [4.69, 9.17) is 0 Å². The van der Waals surface area contributed by atoms with Gasteiger partial charge in [0.1, 0.15) is 0 Å². The summed E-state index contributed by atoms with van der Waals surface area (Å²) in [7, 11) is -4.82. The smallest absolute Gasteiger partial charge is 1.00 e. The Morgan fingerprint density at radius 1 is 0.297 bits per heavy atom. The van der Waals surface area contributed by atoms with Gasteiger partial charge >= 0.3 is 82.6 Å². The van der Waals surface area contributed by atoms with Gasteiger partial charge in [0.25, 0.3) is 0 Å². The summed E-state index contributed by atoms with van der Waals surface area (Å²) in [5.74, 6) is 0. The molecule has 0 fully saturated rings. The van der Waals surface area contributed by atoms with E-state index in [1.165, 1.54) is 122 Å². The van der Waals surface area contributed by atoms with E-state index in [0.29, 0.717) is 0 Å². The molecule has 8 heteroatoms. The monoisotopic (exact) mass is 1250 g/mol. The van der Waals surface area contributed by atoms with Crippen LogP contribution in [0.5, 0.6) is 0 Å². The molecule has 8 rings (SSSR count). The molecule has 0 unspecified atom stereocenters. The maximum Gasteiger partial charge on any atom is -1.00 e. The van der Waals surface area contributed by atoms with Crippen molar-refractivity contribution in [2.45, 2.75) is 183 Å². The van der Waals surface area contributed by atoms with E-state index in [1.807, 2.05) is 0 Å². The Bertz CT molecular complexity index is 2390. The first kappa shape index (κ1) is 70.3. The maximum atomic E-state index is 2.40. The van der Waals surface area contributed by atoms with Gasteiger partial charge in [0.05, 0.1) is 0 Å². The van der Waals surface area contributed by atoms with Crippen LogP contribution >= 0.6 is 0 Å². The average Bonchev–Trinajstić information content (AvgIpc) is 4.24. The molecule has 0 saturated heterocycles. The van der Waals surface area contributed by atoms with Gasteiger partial charge in [-0.1, -0.05) is 180 Å². The van der Waals surface area contributed by atoms with Crippen molar-refractivity contribution in [2.24, 2.45) is 0 Å². The molecule has 400 valence electrons. The SMILES string of the molecule is CC[Si](CC)(CC)c1c[cH-]c2ccccc12.CC[Si](CC)(CC)c1c[cH-]c2ccccc12.CC[Si](CC)(CC)c1c[cH-]c2ccccc12.CC[Si](CC)(CC)c1c[cH-]c2ccccc12.C[C](C)=[Zr+2].C[C](C)=[Zr+2].[Cl-].[Cl-]. The van der Waals surface area contributed by atoms with Crippen LogP contribution < -0.4 is 45.6 Å². The fraction of sp³-hybridized carbons (Fsp3) is 0.424. The summed E-state index contributed by atoms with van der Waals surface area (Å²) in [5, 5.41) is 18.5.